The van der Waals surface area contributed by atoms with Gasteiger partial charge in [-0.15, -0.1) is 0 Å². The van der Waals surface area contributed by atoms with Gasteiger partial charge in [-0.1, -0.05) is 54.1 Å². The van der Waals surface area contributed by atoms with Gasteiger partial charge in [0.15, 0.2) is 0 Å². The lowest BCUT2D eigenvalue weighted by Gasteiger charge is -2.38. The Bertz CT molecular complexity index is 968. The lowest BCUT2D eigenvalue weighted by molar-refractivity contribution is -0.188. The van der Waals surface area contributed by atoms with Gasteiger partial charge in [-0.2, -0.15) is 13.2 Å². The fourth-order valence-electron chi connectivity index (χ4n) is 4.08. The molecule has 2 aromatic carbocycles. The van der Waals surface area contributed by atoms with E-state index < -0.39 is 29.5 Å². The normalized spacial score (nSPS) is 21.5. The van der Waals surface area contributed by atoms with Crippen molar-refractivity contribution in [3.63, 3.8) is 0 Å². The second kappa shape index (κ2) is 8.91. The van der Waals surface area contributed by atoms with Crippen LogP contribution in [0.15, 0.2) is 42.5 Å². The van der Waals surface area contributed by atoms with Crippen molar-refractivity contribution in [2.75, 3.05) is 0 Å². The van der Waals surface area contributed by atoms with Crippen LogP contribution in [0.1, 0.15) is 36.8 Å². The van der Waals surface area contributed by atoms with Crippen molar-refractivity contribution >= 4 is 23.5 Å². The smallest absolute Gasteiger partial charge is 0.391 e. The summed E-state index contributed by atoms with van der Waals surface area (Å²) >= 11 is 6.58. The molecule has 8 heteroatoms. The maximum Gasteiger partial charge on any atom is 0.391 e. The third kappa shape index (κ3) is 5.03. The zero-order valence-electron chi connectivity index (χ0n) is 16.9. The lowest BCUT2D eigenvalue weighted by atomic mass is 9.76. The molecule has 2 aromatic rings. The Hall–Kier alpha value is -2.54. The number of alkyl halides is 3. The number of rotatable bonds is 5. The summed E-state index contributed by atoms with van der Waals surface area (Å²) in [5.74, 6) is -3.44. The highest BCUT2D eigenvalue weighted by molar-refractivity contribution is 6.34. The Morgan fingerprint density at radius 2 is 1.74 bits per heavy atom. The van der Waals surface area contributed by atoms with Crippen molar-refractivity contribution in [1.82, 2.24) is 5.32 Å². The van der Waals surface area contributed by atoms with Gasteiger partial charge in [0.2, 0.25) is 5.91 Å². The van der Waals surface area contributed by atoms with Crippen LogP contribution in [0.3, 0.4) is 0 Å². The number of halogens is 4. The van der Waals surface area contributed by atoms with Gasteiger partial charge in [0.25, 0.3) is 0 Å². The summed E-state index contributed by atoms with van der Waals surface area (Å²) in [5, 5.41) is 12.6. The van der Waals surface area contributed by atoms with Crippen molar-refractivity contribution in [1.29, 1.82) is 0 Å². The molecule has 0 atom stereocenters. The maximum atomic E-state index is 13.0. The predicted molar refractivity (Wildman–Crippen MR) is 112 cm³/mol. The molecular weight excluding hydrogens is 431 g/mol. The minimum Gasteiger partial charge on any atom is -0.480 e. The summed E-state index contributed by atoms with van der Waals surface area (Å²) in [6, 6.07) is 13.1. The van der Waals surface area contributed by atoms with Gasteiger partial charge in [0, 0.05) is 5.56 Å². The summed E-state index contributed by atoms with van der Waals surface area (Å²) in [4.78, 5) is 24.6. The molecule has 0 saturated heterocycles. The third-order valence-electron chi connectivity index (χ3n) is 5.99. The first-order valence-electron chi connectivity index (χ1n) is 9.98. The van der Waals surface area contributed by atoms with Crippen molar-refractivity contribution in [3.05, 3.63) is 58.6 Å². The zero-order chi connectivity index (χ0) is 22.8. The largest absolute Gasteiger partial charge is 0.480 e. The first-order chi connectivity index (χ1) is 14.5. The van der Waals surface area contributed by atoms with E-state index in [1.807, 2.05) is 42.5 Å². The molecule has 0 heterocycles. The minimum atomic E-state index is -4.36. The number of carbonyl (C=O) groups is 2. The van der Waals surface area contributed by atoms with Crippen molar-refractivity contribution in [2.24, 2.45) is 5.92 Å². The Balaban J connectivity index is 1.79. The molecule has 3 rings (SSSR count). The minimum absolute atomic E-state index is 0.164. The molecular formula is C23H23ClF3NO3. The third-order valence-corrected chi connectivity index (χ3v) is 6.42. The van der Waals surface area contributed by atoms with E-state index in [-0.39, 0.29) is 32.1 Å². The second-order valence-corrected chi connectivity index (χ2v) is 8.39. The van der Waals surface area contributed by atoms with Gasteiger partial charge in [-0.3, -0.25) is 4.79 Å². The highest BCUT2D eigenvalue weighted by Crippen LogP contribution is 2.41. The zero-order valence-corrected chi connectivity index (χ0v) is 17.7. The lowest BCUT2D eigenvalue weighted by Crippen LogP contribution is -2.57. The molecule has 0 bridgehead atoms. The molecule has 1 amide bonds. The Labute approximate surface area is 183 Å². The molecule has 2 N–H and O–H groups in total. The van der Waals surface area contributed by atoms with Gasteiger partial charge in [0.05, 0.1) is 17.4 Å². The topological polar surface area (TPSA) is 66.4 Å². The summed E-state index contributed by atoms with van der Waals surface area (Å²) in [6.45, 7) is 1.80. The highest BCUT2D eigenvalue weighted by atomic mass is 35.5. The summed E-state index contributed by atoms with van der Waals surface area (Å²) in [7, 11) is 0. The Morgan fingerprint density at radius 1 is 1.13 bits per heavy atom. The summed E-state index contributed by atoms with van der Waals surface area (Å²) < 4.78 is 38.9. The van der Waals surface area contributed by atoms with E-state index in [4.69, 9.17) is 11.6 Å². The average Bonchev–Trinajstić information content (AvgIpc) is 2.71. The number of carboxylic acid groups (broad SMARTS) is 1. The van der Waals surface area contributed by atoms with Crippen molar-refractivity contribution in [3.8, 4) is 11.1 Å². The number of benzene rings is 2. The van der Waals surface area contributed by atoms with Crippen LogP contribution in [0.2, 0.25) is 5.02 Å². The molecule has 31 heavy (non-hydrogen) atoms. The van der Waals surface area contributed by atoms with Crippen molar-refractivity contribution in [2.45, 2.75) is 50.7 Å². The quantitative estimate of drug-likeness (QED) is 0.623. The highest BCUT2D eigenvalue weighted by Gasteiger charge is 2.49. The number of hydrogen-bond donors (Lipinski definition) is 2. The van der Waals surface area contributed by atoms with E-state index in [0.717, 1.165) is 16.7 Å². The molecule has 0 spiro atoms. The van der Waals surface area contributed by atoms with E-state index >= 15 is 0 Å². The van der Waals surface area contributed by atoms with Crippen LogP contribution >= 0.6 is 11.6 Å². The molecule has 1 fully saturated rings. The van der Waals surface area contributed by atoms with Crippen molar-refractivity contribution < 1.29 is 27.9 Å². The van der Waals surface area contributed by atoms with E-state index in [9.17, 15) is 27.9 Å². The predicted octanol–water partition coefficient (Wildman–Crippen LogP) is 5.55. The number of carboxylic acids is 1. The number of hydrogen-bond acceptors (Lipinski definition) is 2. The van der Waals surface area contributed by atoms with Gasteiger partial charge in [0.1, 0.15) is 5.54 Å². The van der Waals surface area contributed by atoms with Crippen LogP contribution in [0.5, 0.6) is 0 Å². The van der Waals surface area contributed by atoms with Gasteiger partial charge >= 0.3 is 12.1 Å². The number of amides is 1. The van der Waals surface area contributed by atoms with E-state index in [1.54, 1.807) is 6.92 Å². The van der Waals surface area contributed by atoms with Crippen LogP contribution in [-0.4, -0.2) is 28.7 Å². The molecule has 1 saturated carbocycles. The van der Waals surface area contributed by atoms with Crippen LogP contribution in [0.4, 0.5) is 13.2 Å². The fraction of sp³-hybridized carbons (Fsp3) is 0.391. The van der Waals surface area contributed by atoms with Gasteiger partial charge < -0.3 is 10.4 Å². The van der Waals surface area contributed by atoms with Crippen LogP contribution < -0.4 is 5.32 Å². The van der Waals surface area contributed by atoms with Crippen LogP contribution in [0, 0.1) is 12.8 Å². The van der Waals surface area contributed by atoms with E-state index in [0.29, 0.717) is 10.6 Å². The molecule has 0 unspecified atom stereocenters. The molecule has 1 aliphatic rings. The monoisotopic (exact) mass is 453 g/mol. The second-order valence-electron chi connectivity index (χ2n) is 8.02. The first-order valence-corrected chi connectivity index (χ1v) is 10.4. The van der Waals surface area contributed by atoms with Crippen LogP contribution in [0.25, 0.3) is 11.1 Å². The molecule has 0 radical (unpaired) electrons. The standard InChI is InChI=1S/C23H23ClF3NO3/c1-14-7-8-17(15-5-3-2-4-6-15)20(24)18(14)13-19(29)28-22(21(30)31)11-9-16(10-12-22)23(25,26)27/h2-8,16H,9-13H2,1H3,(H,28,29)(H,30,31). The molecule has 0 aromatic heterocycles. The number of carbonyl (C=O) groups excluding carboxylic acids is 1. The Morgan fingerprint density at radius 3 is 2.29 bits per heavy atom. The number of nitrogens with one attached hydrogen (secondary N) is 1. The van der Waals surface area contributed by atoms with Crippen LogP contribution in [-0.2, 0) is 16.0 Å². The average molecular weight is 454 g/mol. The SMILES string of the molecule is Cc1ccc(-c2ccccc2)c(Cl)c1CC(=O)NC1(C(=O)O)CCC(C(F)(F)F)CC1. The molecule has 166 valence electrons. The molecule has 0 aliphatic heterocycles. The van der Waals surface area contributed by atoms with Gasteiger partial charge in [-0.25, -0.2) is 4.79 Å². The Kier molecular flexibility index (Phi) is 6.65. The first kappa shape index (κ1) is 23.1. The number of aliphatic carboxylic acids is 1. The summed E-state index contributed by atoms with van der Waals surface area (Å²) in [6.07, 6.45) is -5.73. The maximum absolute atomic E-state index is 13.0. The number of aryl methyl sites for hydroxylation is 1. The van der Waals surface area contributed by atoms with E-state index in [1.165, 1.54) is 0 Å². The molecule has 1 aliphatic carbocycles. The fourth-order valence-corrected chi connectivity index (χ4v) is 4.47. The molecule has 4 nitrogen and oxygen atoms in total. The van der Waals surface area contributed by atoms with E-state index in [2.05, 4.69) is 5.32 Å². The van der Waals surface area contributed by atoms with Gasteiger partial charge in [-0.05, 0) is 49.3 Å². The summed E-state index contributed by atoms with van der Waals surface area (Å²) in [5.41, 5.74) is 1.25.